The molecule has 0 spiro atoms. The summed E-state index contributed by atoms with van der Waals surface area (Å²) in [5.41, 5.74) is 0.662. The van der Waals surface area contributed by atoms with Crippen molar-refractivity contribution in [1.29, 1.82) is 0 Å². The summed E-state index contributed by atoms with van der Waals surface area (Å²) in [6.07, 6.45) is -0.505. The zero-order valence-electron chi connectivity index (χ0n) is 10.1. The summed E-state index contributed by atoms with van der Waals surface area (Å²) in [5, 5.41) is 9.58. The summed E-state index contributed by atoms with van der Waals surface area (Å²) in [6, 6.07) is 9.06. The molecule has 0 saturated heterocycles. The Morgan fingerprint density at radius 2 is 2.00 bits per heavy atom. The van der Waals surface area contributed by atoms with Crippen molar-refractivity contribution in [2.45, 2.75) is 26.1 Å². The van der Waals surface area contributed by atoms with Gasteiger partial charge >= 0.3 is 0 Å². The standard InChI is InChI=1S/C13H18O3S/c1-10(2)16-8-12(14)9-17-13(15)11-6-4-3-5-7-11/h3-7,10,12,14H,8-9H2,1-2H3. The molecule has 0 aliphatic carbocycles. The quantitative estimate of drug-likeness (QED) is 0.846. The van der Waals surface area contributed by atoms with Crippen LogP contribution in [0, 0.1) is 0 Å². The van der Waals surface area contributed by atoms with E-state index in [0.29, 0.717) is 11.3 Å². The summed E-state index contributed by atoms with van der Waals surface area (Å²) in [6.45, 7) is 4.09. The van der Waals surface area contributed by atoms with Crippen molar-refractivity contribution in [3.8, 4) is 0 Å². The molecule has 0 saturated carbocycles. The minimum atomic E-state index is -0.602. The molecule has 4 heteroatoms. The molecule has 3 nitrogen and oxygen atoms in total. The fraction of sp³-hybridized carbons (Fsp3) is 0.462. The second kappa shape index (κ2) is 7.48. The van der Waals surface area contributed by atoms with Gasteiger partial charge in [-0.3, -0.25) is 4.79 Å². The van der Waals surface area contributed by atoms with Gasteiger partial charge < -0.3 is 9.84 Å². The maximum absolute atomic E-state index is 11.7. The molecule has 0 bridgehead atoms. The van der Waals surface area contributed by atoms with E-state index in [-0.39, 0.29) is 17.8 Å². The minimum absolute atomic E-state index is 0.0193. The third kappa shape index (κ3) is 5.86. The monoisotopic (exact) mass is 254 g/mol. The number of hydrogen-bond donors (Lipinski definition) is 1. The van der Waals surface area contributed by atoms with Gasteiger partial charge in [0.15, 0.2) is 0 Å². The molecule has 1 rings (SSSR count). The Morgan fingerprint density at radius 1 is 1.35 bits per heavy atom. The molecule has 94 valence electrons. The lowest BCUT2D eigenvalue weighted by molar-refractivity contribution is 0.0152. The number of rotatable bonds is 6. The number of aliphatic hydroxyl groups is 1. The molecule has 1 N–H and O–H groups in total. The van der Waals surface area contributed by atoms with Crippen LogP contribution in [0.15, 0.2) is 30.3 Å². The minimum Gasteiger partial charge on any atom is -0.390 e. The normalized spacial score (nSPS) is 12.7. The number of carbonyl (C=O) groups is 1. The second-order valence-electron chi connectivity index (χ2n) is 4.00. The van der Waals surface area contributed by atoms with Gasteiger partial charge in [-0.2, -0.15) is 0 Å². The van der Waals surface area contributed by atoms with Gasteiger partial charge in [-0.25, -0.2) is 0 Å². The van der Waals surface area contributed by atoms with Crippen LogP contribution in [0.25, 0.3) is 0 Å². The summed E-state index contributed by atoms with van der Waals surface area (Å²) in [4.78, 5) is 11.7. The Kier molecular flexibility index (Phi) is 6.26. The van der Waals surface area contributed by atoms with Crippen LogP contribution >= 0.6 is 11.8 Å². The average molecular weight is 254 g/mol. The van der Waals surface area contributed by atoms with Gasteiger partial charge in [0.1, 0.15) is 0 Å². The molecule has 17 heavy (non-hydrogen) atoms. The molecule has 0 aliphatic heterocycles. The molecular weight excluding hydrogens is 236 g/mol. The number of ether oxygens (including phenoxy) is 1. The van der Waals surface area contributed by atoms with Crippen molar-refractivity contribution in [1.82, 2.24) is 0 Å². The first-order chi connectivity index (χ1) is 8.09. The van der Waals surface area contributed by atoms with Crippen molar-refractivity contribution in [2.75, 3.05) is 12.4 Å². The van der Waals surface area contributed by atoms with Crippen LogP contribution in [-0.2, 0) is 4.74 Å². The number of carbonyl (C=O) groups excluding carboxylic acids is 1. The lowest BCUT2D eigenvalue weighted by Crippen LogP contribution is -2.21. The van der Waals surface area contributed by atoms with E-state index >= 15 is 0 Å². The lowest BCUT2D eigenvalue weighted by Gasteiger charge is -2.12. The summed E-state index contributed by atoms with van der Waals surface area (Å²) < 4.78 is 5.27. The second-order valence-corrected chi connectivity index (χ2v) is 4.99. The van der Waals surface area contributed by atoms with E-state index in [1.807, 2.05) is 32.0 Å². The Bertz CT molecular complexity index is 338. The molecule has 0 heterocycles. The van der Waals surface area contributed by atoms with E-state index in [9.17, 15) is 9.90 Å². The van der Waals surface area contributed by atoms with Gasteiger partial charge in [-0.1, -0.05) is 42.1 Å². The predicted molar refractivity (Wildman–Crippen MR) is 70.3 cm³/mol. The highest BCUT2D eigenvalue weighted by Crippen LogP contribution is 2.13. The highest BCUT2D eigenvalue weighted by Gasteiger charge is 2.11. The molecule has 1 aromatic rings. The van der Waals surface area contributed by atoms with Crippen molar-refractivity contribution >= 4 is 16.9 Å². The summed E-state index contributed by atoms with van der Waals surface area (Å²) in [5.74, 6) is 0.362. The smallest absolute Gasteiger partial charge is 0.219 e. The molecule has 0 fully saturated rings. The Hall–Kier alpha value is -0.840. The van der Waals surface area contributed by atoms with E-state index in [4.69, 9.17) is 4.74 Å². The predicted octanol–water partition coefficient (Wildman–Crippen LogP) is 2.35. The highest BCUT2D eigenvalue weighted by molar-refractivity contribution is 8.14. The van der Waals surface area contributed by atoms with Crippen LogP contribution in [0.5, 0.6) is 0 Å². The van der Waals surface area contributed by atoms with Crippen LogP contribution in [-0.4, -0.2) is 34.8 Å². The zero-order valence-corrected chi connectivity index (χ0v) is 10.9. The number of benzene rings is 1. The maximum atomic E-state index is 11.7. The molecule has 1 atom stereocenters. The van der Waals surface area contributed by atoms with Gasteiger partial charge in [0.25, 0.3) is 0 Å². The van der Waals surface area contributed by atoms with Crippen LogP contribution in [0.4, 0.5) is 0 Å². The van der Waals surface area contributed by atoms with Crippen LogP contribution in [0.2, 0.25) is 0 Å². The van der Waals surface area contributed by atoms with E-state index in [2.05, 4.69) is 0 Å². The SMILES string of the molecule is CC(C)OCC(O)CSC(=O)c1ccccc1. The molecule has 0 amide bonds. The van der Waals surface area contributed by atoms with Crippen molar-refractivity contribution in [3.05, 3.63) is 35.9 Å². The maximum Gasteiger partial charge on any atom is 0.219 e. The highest BCUT2D eigenvalue weighted by atomic mass is 32.2. The van der Waals surface area contributed by atoms with Gasteiger partial charge in [0.05, 0.1) is 18.8 Å². The third-order valence-corrected chi connectivity index (χ3v) is 3.09. The van der Waals surface area contributed by atoms with Crippen molar-refractivity contribution in [2.24, 2.45) is 0 Å². The number of hydrogen-bond acceptors (Lipinski definition) is 4. The van der Waals surface area contributed by atoms with E-state index in [1.54, 1.807) is 12.1 Å². The molecule has 1 aromatic carbocycles. The van der Waals surface area contributed by atoms with Gasteiger partial charge in [0, 0.05) is 11.3 Å². The number of aliphatic hydroxyl groups excluding tert-OH is 1. The first-order valence-corrected chi connectivity index (χ1v) is 6.60. The largest absolute Gasteiger partial charge is 0.390 e. The molecular formula is C13H18O3S. The number of thioether (sulfide) groups is 1. The Labute approximate surface area is 106 Å². The first kappa shape index (κ1) is 14.2. The van der Waals surface area contributed by atoms with Crippen LogP contribution < -0.4 is 0 Å². The topological polar surface area (TPSA) is 46.5 Å². The van der Waals surface area contributed by atoms with Gasteiger partial charge in [0.2, 0.25) is 5.12 Å². The van der Waals surface area contributed by atoms with Gasteiger partial charge in [-0.15, -0.1) is 0 Å². The lowest BCUT2D eigenvalue weighted by atomic mass is 10.2. The summed E-state index contributed by atoms with van der Waals surface area (Å²) in [7, 11) is 0. The fourth-order valence-corrected chi connectivity index (χ4v) is 1.92. The average Bonchev–Trinajstić information content (AvgIpc) is 2.34. The van der Waals surface area contributed by atoms with Gasteiger partial charge in [-0.05, 0) is 13.8 Å². The fourth-order valence-electron chi connectivity index (χ4n) is 1.18. The summed E-state index contributed by atoms with van der Waals surface area (Å²) >= 11 is 1.12. The van der Waals surface area contributed by atoms with Crippen molar-refractivity contribution in [3.63, 3.8) is 0 Å². The molecule has 0 aliphatic rings. The van der Waals surface area contributed by atoms with E-state index in [0.717, 1.165) is 11.8 Å². The molecule has 0 aromatic heterocycles. The zero-order chi connectivity index (χ0) is 12.7. The van der Waals surface area contributed by atoms with Crippen LogP contribution in [0.1, 0.15) is 24.2 Å². The Morgan fingerprint density at radius 3 is 2.59 bits per heavy atom. The van der Waals surface area contributed by atoms with Crippen molar-refractivity contribution < 1.29 is 14.6 Å². The Balaban J connectivity index is 2.29. The molecule has 1 unspecified atom stereocenters. The van der Waals surface area contributed by atoms with E-state index < -0.39 is 6.10 Å². The first-order valence-electron chi connectivity index (χ1n) is 5.61. The third-order valence-electron chi connectivity index (χ3n) is 2.04. The van der Waals surface area contributed by atoms with Crippen LogP contribution in [0.3, 0.4) is 0 Å². The molecule has 0 radical (unpaired) electrons. The van der Waals surface area contributed by atoms with E-state index in [1.165, 1.54) is 0 Å².